The van der Waals surface area contributed by atoms with Crippen molar-refractivity contribution in [1.82, 2.24) is 0 Å². The van der Waals surface area contributed by atoms with E-state index in [1.165, 1.54) is 11.8 Å². The minimum atomic E-state index is -2.25. The van der Waals surface area contributed by atoms with E-state index in [-0.39, 0.29) is 6.42 Å². The van der Waals surface area contributed by atoms with Gasteiger partial charge in [0.2, 0.25) is 6.43 Å². The molecule has 0 aliphatic heterocycles. The van der Waals surface area contributed by atoms with Crippen molar-refractivity contribution in [2.45, 2.75) is 17.7 Å². The molecule has 0 fully saturated rings. The van der Waals surface area contributed by atoms with Crippen LogP contribution in [0.2, 0.25) is 0 Å². The summed E-state index contributed by atoms with van der Waals surface area (Å²) in [5, 5.41) is 0. The van der Waals surface area contributed by atoms with E-state index in [9.17, 15) is 13.6 Å². The van der Waals surface area contributed by atoms with Gasteiger partial charge in [0, 0.05) is 22.6 Å². The molecule has 4 heteroatoms. The third-order valence-electron chi connectivity index (χ3n) is 1.60. The molecule has 0 bridgehead atoms. The predicted molar refractivity (Wildman–Crippen MR) is 53.2 cm³/mol. The van der Waals surface area contributed by atoms with Crippen molar-refractivity contribution in [2.75, 3.05) is 5.75 Å². The molecule has 0 amide bonds. The molecule has 1 aromatic rings. The van der Waals surface area contributed by atoms with Gasteiger partial charge in [0.1, 0.15) is 6.29 Å². The number of aldehydes is 1. The molecule has 76 valence electrons. The van der Waals surface area contributed by atoms with Crippen LogP contribution >= 0.6 is 11.8 Å². The highest BCUT2D eigenvalue weighted by molar-refractivity contribution is 7.99. The maximum absolute atomic E-state index is 11.8. The number of carbonyl (C=O) groups is 1. The van der Waals surface area contributed by atoms with Crippen LogP contribution in [0.3, 0.4) is 0 Å². The third kappa shape index (κ3) is 3.87. The van der Waals surface area contributed by atoms with E-state index >= 15 is 0 Å². The lowest BCUT2D eigenvalue weighted by Crippen LogP contribution is -1.92. The zero-order chi connectivity index (χ0) is 10.4. The largest absolute Gasteiger partial charge is 0.298 e. The summed E-state index contributed by atoms with van der Waals surface area (Å²) in [5.74, 6) is 0.375. The highest BCUT2D eigenvalue weighted by atomic mass is 32.2. The molecular weight excluding hydrogens is 206 g/mol. The van der Waals surface area contributed by atoms with Crippen molar-refractivity contribution in [3.8, 4) is 0 Å². The number of thioether (sulfide) groups is 1. The standard InChI is InChI=1S/C10H10F2OS/c11-10(12)4-5-14-9-3-1-2-8(6-9)7-13/h1-3,6-7,10H,4-5H2. The van der Waals surface area contributed by atoms with Crippen molar-refractivity contribution in [3.05, 3.63) is 29.8 Å². The van der Waals surface area contributed by atoms with Gasteiger partial charge in [0.25, 0.3) is 0 Å². The van der Waals surface area contributed by atoms with Gasteiger partial charge in [-0.3, -0.25) is 4.79 Å². The summed E-state index contributed by atoms with van der Waals surface area (Å²) in [5.41, 5.74) is 0.576. The van der Waals surface area contributed by atoms with Crippen LogP contribution in [0.4, 0.5) is 8.78 Å². The topological polar surface area (TPSA) is 17.1 Å². The summed E-state index contributed by atoms with van der Waals surface area (Å²) in [6.45, 7) is 0. The van der Waals surface area contributed by atoms with Crippen LogP contribution in [0, 0.1) is 0 Å². The lowest BCUT2D eigenvalue weighted by molar-refractivity contribution is 0.112. The molecule has 1 nitrogen and oxygen atoms in total. The third-order valence-corrected chi connectivity index (χ3v) is 2.63. The fourth-order valence-electron chi connectivity index (χ4n) is 0.944. The first kappa shape index (κ1) is 11.2. The fourth-order valence-corrected chi connectivity index (χ4v) is 1.87. The second-order valence-electron chi connectivity index (χ2n) is 2.72. The molecule has 1 rings (SSSR count). The average Bonchev–Trinajstić information content (AvgIpc) is 2.18. The smallest absolute Gasteiger partial charge is 0.239 e. The molecule has 0 saturated heterocycles. The van der Waals surface area contributed by atoms with E-state index in [4.69, 9.17) is 0 Å². The molecule has 1 aromatic carbocycles. The van der Waals surface area contributed by atoms with Gasteiger partial charge in [0.15, 0.2) is 0 Å². The summed E-state index contributed by atoms with van der Waals surface area (Å²) < 4.78 is 23.6. The fraction of sp³-hybridized carbons (Fsp3) is 0.300. The van der Waals surface area contributed by atoms with E-state index in [1.807, 2.05) is 6.07 Å². The normalized spacial score (nSPS) is 10.5. The molecule has 0 N–H and O–H groups in total. The van der Waals surface area contributed by atoms with Gasteiger partial charge in [0.05, 0.1) is 0 Å². The summed E-state index contributed by atoms with van der Waals surface area (Å²) in [4.78, 5) is 11.3. The van der Waals surface area contributed by atoms with Crippen LogP contribution in [-0.2, 0) is 0 Å². The average molecular weight is 216 g/mol. The number of hydrogen-bond donors (Lipinski definition) is 0. The zero-order valence-electron chi connectivity index (χ0n) is 7.45. The van der Waals surface area contributed by atoms with Crippen molar-refractivity contribution < 1.29 is 13.6 Å². The Balaban J connectivity index is 2.46. The van der Waals surface area contributed by atoms with Crippen LogP contribution in [0.15, 0.2) is 29.2 Å². The molecule has 0 unspecified atom stereocenters. The number of alkyl halides is 2. The summed E-state index contributed by atoms with van der Waals surface area (Å²) in [6, 6.07) is 6.94. The molecule has 0 saturated carbocycles. The van der Waals surface area contributed by atoms with Crippen LogP contribution in [0.25, 0.3) is 0 Å². The second-order valence-corrected chi connectivity index (χ2v) is 3.89. The van der Waals surface area contributed by atoms with Crippen molar-refractivity contribution in [2.24, 2.45) is 0 Å². The Morgan fingerprint density at radius 3 is 2.86 bits per heavy atom. The summed E-state index contributed by atoms with van der Waals surface area (Å²) in [7, 11) is 0. The Morgan fingerprint density at radius 2 is 2.21 bits per heavy atom. The predicted octanol–water partition coefficient (Wildman–Crippen LogP) is 3.25. The quantitative estimate of drug-likeness (QED) is 0.555. The maximum Gasteiger partial charge on any atom is 0.239 e. The lowest BCUT2D eigenvalue weighted by atomic mass is 10.2. The first-order valence-corrected chi connectivity index (χ1v) is 5.17. The number of rotatable bonds is 5. The van der Waals surface area contributed by atoms with E-state index in [2.05, 4.69) is 0 Å². The van der Waals surface area contributed by atoms with Crippen LogP contribution < -0.4 is 0 Å². The highest BCUT2D eigenvalue weighted by Gasteiger charge is 2.02. The number of carbonyl (C=O) groups excluding carboxylic acids is 1. The zero-order valence-corrected chi connectivity index (χ0v) is 8.27. The molecule has 14 heavy (non-hydrogen) atoms. The Bertz CT molecular complexity index is 302. The Kier molecular flexibility index (Phi) is 4.59. The Hall–Kier alpha value is -0.900. The van der Waals surface area contributed by atoms with E-state index in [1.54, 1.807) is 18.2 Å². The van der Waals surface area contributed by atoms with Gasteiger partial charge in [-0.05, 0) is 12.1 Å². The van der Waals surface area contributed by atoms with E-state index in [0.717, 1.165) is 11.2 Å². The molecule has 0 aromatic heterocycles. The SMILES string of the molecule is O=Cc1cccc(SCCC(F)F)c1. The molecule has 0 spiro atoms. The lowest BCUT2D eigenvalue weighted by Gasteiger charge is -2.01. The van der Waals surface area contributed by atoms with Gasteiger partial charge in [-0.25, -0.2) is 8.78 Å². The molecular formula is C10H10F2OS. The molecule has 0 aliphatic rings. The summed E-state index contributed by atoms with van der Waals surface area (Å²) >= 11 is 1.34. The van der Waals surface area contributed by atoms with Gasteiger partial charge in [-0.15, -0.1) is 11.8 Å². The van der Waals surface area contributed by atoms with Crippen LogP contribution in [-0.4, -0.2) is 18.5 Å². The minimum Gasteiger partial charge on any atom is -0.298 e. The number of halogens is 2. The Labute approximate surface area is 85.5 Å². The van der Waals surface area contributed by atoms with E-state index < -0.39 is 6.43 Å². The highest BCUT2D eigenvalue weighted by Crippen LogP contribution is 2.20. The van der Waals surface area contributed by atoms with Crippen molar-refractivity contribution in [1.29, 1.82) is 0 Å². The molecule has 0 heterocycles. The Morgan fingerprint density at radius 1 is 1.43 bits per heavy atom. The van der Waals surface area contributed by atoms with Gasteiger partial charge in [-0.2, -0.15) is 0 Å². The number of benzene rings is 1. The van der Waals surface area contributed by atoms with E-state index in [0.29, 0.717) is 11.3 Å². The second kappa shape index (κ2) is 5.75. The van der Waals surface area contributed by atoms with Gasteiger partial charge < -0.3 is 0 Å². The van der Waals surface area contributed by atoms with Crippen molar-refractivity contribution >= 4 is 18.0 Å². The first-order valence-electron chi connectivity index (χ1n) is 4.18. The monoisotopic (exact) mass is 216 g/mol. The number of hydrogen-bond acceptors (Lipinski definition) is 2. The van der Waals surface area contributed by atoms with Crippen LogP contribution in [0.1, 0.15) is 16.8 Å². The molecule has 0 atom stereocenters. The minimum absolute atomic E-state index is 0.115. The molecule has 0 aliphatic carbocycles. The maximum atomic E-state index is 11.8. The van der Waals surface area contributed by atoms with Crippen molar-refractivity contribution in [3.63, 3.8) is 0 Å². The van der Waals surface area contributed by atoms with Gasteiger partial charge in [-0.1, -0.05) is 12.1 Å². The molecule has 0 radical (unpaired) electrons. The summed E-state index contributed by atoms with van der Waals surface area (Å²) in [6.07, 6.45) is -1.62. The van der Waals surface area contributed by atoms with Crippen LogP contribution in [0.5, 0.6) is 0 Å². The van der Waals surface area contributed by atoms with Gasteiger partial charge >= 0.3 is 0 Å². The first-order chi connectivity index (χ1) is 6.72.